The number of aldehydes is 1. The van der Waals surface area contributed by atoms with Gasteiger partial charge in [0.15, 0.2) is 6.79 Å². The third kappa shape index (κ3) is 2.80. The van der Waals surface area contributed by atoms with Crippen LogP contribution in [0.3, 0.4) is 0 Å². The van der Waals surface area contributed by atoms with Crippen molar-refractivity contribution in [3.05, 3.63) is 21.0 Å². The Balaban J connectivity index is 2.77. The first-order valence-electron chi connectivity index (χ1n) is 3.95. The monoisotopic (exact) mass is 294 g/mol. The third-order valence-corrected chi connectivity index (χ3v) is 2.64. The molecule has 0 unspecified atom stereocenters. The Hall–Kier alpha value is -0.360. The fourth-order valence-electron chi connectivity index (χ4n) is 1.11. The van der Waals surface area contributed by atoms with E-state index in [2.05, 4.69) is 28.7 Å². The molecule has 13 heavy (non-hydrogen) atoms. The minimum atomic E-state index is 0.188. The quantitative estimate of drug-likeness (QED) is 0.453. The lowest BCUT2D eigenvalue weighted by molar-refractivity contribution is -0.105. The highest BCUT2D eigenvalue weighted by molar-refractivity contribution is 14.1. The maximum absolute atomic E-state index is 10.7. The smallest absolute Gasteiger partial charge is 0.188 e. The normalized spacial score (nSPS) is 16.9. The molecule has 0 radical (unpaired) electrons. The molecule has 0 spiro atoms. The lowest BCUT2D eigenvalue weighted by atomic mass is 10.1. The largest absolute Gasteiger partial charge is 0.466 e. The van der Waals surface area contributed by atoms with Gasteiger partial charge in [-0.05, 0) is 35.4 Å². The molecule has 0 N–H and O–H groups in total. The summed E-state index contributed by atoms with van der Waals surface area (Å²) in [4.78, 5) is 10.7. The van der Waals surface area contributed by atoms with Crippen LogP contribution in [0.15, 0.2) is 21.0 Å². The summed E-state index contributed by atoms with van der Waals surface area (Å²) >= 11 is 2.16. The highest BCUT2D eigenvalue weighted by atomic mass is 127. The average molecular weight is 294 g/mol. The van der Waals surface area contributed by atoms with E-state index in [1.165, 1.54) is 0 Å². The van der Waals surface area contributed by atoms with Crippen molar-refractivity contribution in [2.75, 3.05) is 13.9 Å². The van der Waals surface area contributed by atoms with E-state index < -0.39 is 0 Å². The number of allylic oxidation sites excluding steroid dienone is 3. The summed E-state index contributed by atoms with van der Waals surface area (Å²) in [6, 6.07) is 0. The summed E-state index contributed by atoms with van der Waals surface area (Å²) < 4.78 is 11.1. The zero-order valence-electron chi connectivity index (χ0n) is 7.38. The number of rotatable bonds is 4. The molecule has 0 fully saturated rings. The van der Waals surface area contributed by atoms with Gasteiger partial charge in [0.25, 0.3) is 0 Å². The molecule has 0 aromatic carbocycles. The SMILES string of the molecule is COCOC1=C(C=O)CCC=C1I. The molecule has 72 valence electrons. The van der Waals surface area contributed by atoms with Crippen LogP contribution in [0.4, 0.5) is 0 Å². The van der Waals surface area contributed by atoms with E-state index in [9.17, 15) is 4.79 Å². The summed E-state index contributed by atoms with van der Waals surface area (Å²) in [5.74, 6) is 0.670. The van der Waals surface area contributed by atoms with Gasteiger partial charge in [-0.25, -0.2) is 0 Å². The molecule has 1 aliphatic rings. The van der Waals surface area contributed by atoms with Gasteiger partial charge < -0.3 is 9.47 Å². The van der Waals surface area contributed by atoms with Gasteiger partial charge >= 0.3 is 0 Å². The highest BCUT2D eigenvalue weighted by Gasteiger charge is 2.14. The molecule has 0 aromatic heterocycles. The van der Waals surface area contributed by atoms with Crippen molar-refractivity contribution in [1.82, 2.24) is 0 Å². The van der Waals surface area contributed by atoms with Crippen LogP contribution in [0.1, 0.15) is 12.8 Å². The Morgan fingerprint density at radius 2 is 2.46 bits per heavy atom. The van der Waals surface area contributed by atoms with E-state index in [1.807, 2.05) is 0 Å². The average Bonchev–Trinajstić information content (AvgIpc) is 2.15. The van der Waals surface area contributed by atoms with Crippen molar-refractivity contribution < 1.29 is 14.3 Å². The standard InChI is InChI=1S/C9H11IO3/c1-12-6-13-9-7(5-11)3-2-4-8(9)10/h4-5H,2-3,6H2,1H3. The van der Waals surface area contributed by atoms with Gasteiger partial charge in [-0.15, -0.1) is 0 Å². The van der Waals surface area contributed by atoms with Gasteiger partial charge in [-0.2, -0.15) is 0 Å². The molecule has 0 aromatic rings. The predicted octanol–water partition coefficient (Wildman–Crippen LogP) is 2.17. The Morgan fingerprint density at radius 1 is 1.69 bits per heavy atom. The molecule has 0 amide bonds. The van der Waals surface area contributed by atoms with Gasteiger partial charge in [0.2, 0.25) is 0 Å². The maximum Gasteiger partial charge on any atom is 0.188 e. The molecule has 3 nitrogen and oxygen atoms in total. The van der Waals surface area contributed by atoms with E-state index in [-0.39, 0.29) is 6.79 Å². The summed E-state index contributed by atoms with van der Waals surface area (Å²) in [7, 11) is 1.56. The minimum Gasteiger partial charge on any atom is -0.466 e. The number of halogens is 1. The molecular formula is C9H11IO3. The predicted molar refractivity (Wildman–Crippen MR) is 57.4 cm³/mol. The number of carbonyl (C=O) groups excluding carboxylic acids is 1. The molecule has 0 atom stereocenters. The molecule has 0 heterocycles. The summed E-state index contributed by atoms with van der Waals surface area (Å²) in [5.41, 5.74) is 0.726. The van der Waals surface area contributed by atoms with Gasteiger partial charge in [-0.1, -0.05) is 6.08 Å². The fourth-order valence-corrected chi connectivity index (χ4v) is 1.92. The maximum atomic E-state index is 10.7. The Labute approximate surface area is 90.9 Å². The van der Waals surface area contributed by atoms with Gasteiger partial charge in [-0.3, -0.25) is 4.79 Å². The van der Waals surface area contributed by atoms with E-state index in [0.29, 0.717) is 5.76 Å². The number of methoxy groups -OCH3 is 1. The topological polar surface area (TPSA) is 35.5 Å². The van der Waals surface area contributed by atoms with Crippen molar-refractivity contribution in [3.8, 4) is 0 Å². The van der Waals surface area contributed by atoms with Crippen molar-refractivity contribution >= 4 is 28.9 Å². The summed E-state index contributed by atoms with van der Waals surface area (Å²) in [5, 5.41) is 0. The van der Waals surface area contributed by atoms with Crippen molar-refractivity contribution in [1.29, 1.82) is 0 Å². The zero-order chi connectivity index (χ0) is 9.68. The van der Waals surface area contributed by atoms with Crippen LogP contribution in [-0.2, 0) is 14.3 Å². The summed E-state index contributed by atoms with van der Waals surface area (Å²) in [6.07, 6.45) is 4.58. The summed E-state index contributed by atoms with van der Waals surface area (Å²) in [6.45, 7) is 0.188. The Kier molecular flexibility index (Phi) is 4.44. The van der Waals surface area contributed by atoms with Crippen LogP contribution in [0.5, 0.6) is 0 Å². The van der Waals surface area contributed by atoms with Crippen LogP contribution in [0.2, 0.25) is 0 Å². The second kappa shape index (κ2) is 5.39. The zero-order valence-corrected chi connectivity index (χ0v) is 9.54. The van der Waals surface area contributed by atoms with Crippen LogP contribution in [0.25, 0.3) is 0 Å². The third-order valence-electron chi connectivity index (χ3n) is 1.71. The number of ether oxygens (including phenoxy) is 2. The van der Waals surface area contributed by atoms with Crippen LogP contribution in [-0.4, -0.2) is 20.2 Å². The van der Waals surface area contributed by atoms with E-state index >= 15 is 0 Å². The van der Waals surface area contributed by atoms with E-state index in [1.54, 1.807) is 7.11 Å². The van der Waals surface area contributed by atoms with Crippen molar-refractivity contribution in [2.45, 2.75) is 12.8 Å². The molecule has 0 saturated carbocycles. The van der Waals surface area contributed by atoms with E-state index in [0.717, 1.165) is 28.3 Å². The Bertz CT molecular complexity index is 256. The van der Waals surface area contributed by atoms with Gasteiger partial charge in [0.05, 0.1) is 3.58 Å². The van der Waals surface area contributed by atoms with Crippen LogP contribution >= 0.6 is 22.6 Å². The molecule has 0 saturated heterocycles. The fraction of sp³-hybridized carbons (Fsp3) is 0.444. The lowest BCUT2D eigenvalue weighted by Crippen LogP contribution is -2.05. The van der Waals surface area contributed by atoms with E-state index in [4.69, 9.17) is 9.47 Å². The number of hydrogen-bond acceptors (Lipinski definition) is 3. The Morgan fingerprint density at radius 3 is 3.08 bits per heavy atom. The van der Waals surface area contributed by atoms with Gasteiger partial charge in [0.1, 0.15) is 12.0 Å². The highest BCUT2D eigenvalue weighted by Crippen LogP contribution is 2.29. The molecule has 0 bridgehead atoms. The molecule has 4 heteroatoms. The second-order valence-corrected chi connectivity index (χ2v) is 3.78. The first-order chi connectivity index (χ1) is 6.29. The molecule has 1 rings (SSSR count). The van der Waals surface area contributed by atoms with Gasteiger partial charge in [0, 0.05) is 12.7 Å². The number of hydrogen-bond donors (Lipinski definition) is 0. The van der Waals surface area contributed by atoms with Crippen LogP contribution in [0, 0.1) is 0 Å². The first kappa shape index (κ1) is 10.7. The molecule has 0 aliphatic heterocycles. The van der Waals surface area contributed by atoms with Crippen LogP contribution < -0.4 is 0 Å². The first-order valence-corrected chi connectivity index (χ1v) is 5.03. The second-order valence-electron chi connectivity index (χ2n) is 2.61. The van der Waals surface area contributed by atoms with Crippen molar-refractivity contribution in [2.24, 2.45) is 0 Å². The molecule has 1 aliphatic carbocycles. The number of carbonyl (C=O) groups is 1. The minimum absolute atomic E-state index is 0.188. The lowest BCUT2D eigenvalue weighted by Gasteiger charge is -2.15. The van der Waals surface area contributed by atoms with Crippen molar-refractivity contribution in [3.63, 3.8) is 0 Å². The molecular weight excluding hydrogens is 283 g/mol.